The number of pyridine rings is 1. The summed E-state index contributed by atoms with van der Waals surface area (Å²) in [5.41, 5.74) is 2.35. The highest BCUT2D eigenvalue weighted by molar-refractivity contribution is 6.06. The fourth-order valence-corrected chi connectivity index (χ4v) is 3.90. The van der Waals surface area contributed by atoms with Crippen LogP contribution in [0.3, 0.4) is 0 Å². The average molecular weight is 357 g/mol. The second-order valence-corrected chi connectivity index (χ2v) is 7.48. The van der Waals surface area contributed by atoms with Crippen LogP contribution >= 0.6 is 0 Å². The van der Waals surface area contributed by atoms with Gasteiger partial charge in [-0.15, -0.1) is 0 Å². The number of aliphatic carboxylic acids is 1. The van der Waals surface area contributed by atoms with E-state index in [1.165, 1.54) is 0 Å². The molecule has 2 aromatic heterocycles. The lowest BCUT2D eigenvalue weighted by atomic mass is 9.94. The van der Waals surface area contributed by atoms with Gasteiger partial charge >= 0.3 is 5.97 Å². The molecule has 7 heteroatoms. The van der Waals surface area contributed by atoms with E-state index in [-0.39, 0.29) is 11.9 Å². The SMILES string of the molecule is Cc1noc2nc(C3CC3)cc(C(=O)N[C@H]3CCCCC[C@H]3C(=O)O)c12. The number of carboxylic acids is 1. The van der Waals surface area contributed by atoms with Gasteiger partial charge in [0.05, 0.1) is 22.6 Å². The molecule has 0 spiro atoms. The Morgan fingerprint density at radius 3 is 2.69 bits per heavy atom. The van der Waals surface area contributed by atoms with Gasteiger partial charge in [-0.25, -0.2) is 4.98 Å². The first-order valence-corrected chi connectivity index (χ1v) is 9.35. The fourth-order valence-electron chi connectivity index (χ4n) is 3.90. The van der Waals surface area contributed by atoms with Crippen LogP contribution in [0.15, 0.2) is 10.6 Å². The van der Waals surface area contributed by atoms with Gasteiger partial charge in [-0.2, -0.15) is 0 Å². The van der Waals surface area contributed by atoms with Crippen molar-refractivity contribution in [1.29, 1.82) is 0 Å². The van der Waals surface area contributed by atoms with Crippen LogP contribution in [0.4, 0.5) is 0 Å². The first-order valence-electron chi connectivity index (χ1n) is 9.35. The maximum Gasteiger partial charge on any atom is 0.308 e. The zero-order chi connectivity index (χ0) is 18.3. The summed E-state index contributed by atoms with van der Waals surface area (Å²) >= 11 is 0. The number of rotatable bonds is 4. The van der Waals surface area contributed by atoms with E-state index >= 15 is 0 Å². The van der Waals surface area contributed by atoms with Crippen LogP contribution in [0.1, 0.15) is 72.6 Å². The summed E-state index contributed by atoms with van der Waals surface area (Å²) in [5.74, 6) is -1.26. The van der Waals surface area contributed by atoms with Gasteiger partial charge in [-0.05, 0) is 38.7 Å². The molecule has 0 unspecified atom stereocenters. The van der Waals surface area contributed by atoms with Crippen LogP contribution in [-0.4, -0.2) is 33.2 Å². The van der Waals surface area contributed by atoms with E-state index in [1.807, 2.05) is 6.07 Å². The van der Waals surface area contributed by atoms with E-state index in [2.05, 4.69) is 15.5 Å². The second kappa shape index (κ2) is 6.70. The Bertz CT molecular complexity index is 856. The third-order valence-electron chi connectivity index (χ3n) is 5.53. The predicted octanol–water partition coefficient (Wildman–Crippen LogP) is 3.17. The highest BCUT2D eigenvalue weighted by atomic mass is 16.5. The van der Waals surface area contributed by atoms with Gasteiger partial charge < -0.3 is 14.9 Å². The molecule has 0 aromatic carbocycles. The molecule has 0 saturated heterocycles. The molecule has 2 N–H and O–H groups in total. The molecule has 2 fully saturated rings. The normalized spacial score (nSPS) is 23.6. The Balaban J connectivity index is 1.66. The minimum absolute atomic E-state index is 0.260. The Kier molecular flexibility index (Phi) is 4.38. The van der Waals surface area contributed by atoms with Gasteiger partial charge in [0.2, 0.25) is 0 Å². The molecule has 0 bridgehead atoms. The minimum atomic E-state index is -0.836. The zero-order valence-corrected chi connectivity index (χ0v) is 14.8. The number of fused-ring (bicyclic) bond motifs is 1. The molecule has 2 saturated carbocycles. The van der Waals surface area contributed by atoms with Crippen molar-refractivity contribution in [2.45, 2.75) is 63.8 Å². The molecule has 2 heterocycles. The molecule has 7 nitrogen and oxygen atoms in total. The lowest BCUT2D eigenvalue weighted by Crippen LogP contribution is -2.43. The minimum Gasteiger partial charge on any atom is -0.481 e. The molecular weight excluding hydrogens is 334 g/mol. The topological polar surface area (TPSA) is 105 Å². The summed E-state index contributed by atoms with van der Waals surface area (Å²) in [7, 11) is 0. The van der Waals surface area contributed by atoms with Crippen LogP contribution < -0.4 is 5.32 Å². The van der Waals surface area contributed by atoms with Crippen molar-refractivity contribution in [2.75, 3.05) is 0 Å². The molecule has 2 aliphatic carbocycles. The summed E-state index contributed by atoms with van der Waals surface area (Å²) < 4.78 is 5.29. The van der Waals surface area contributed by atoms with E-state index in [0.717, 1.165) is 37.8 Å². The van der Waals surface area contributed by atoms with Crippen LogP contribution in [0.25, 0.3) is 11.1 Å². The summed E-state index contributed by atoms with van der Waals surface area (Å²) in [6.45, 7) is 1.78. The van der Waals surface area contributed by atoms with Crippen LogP contribution in [0.5, 0.6) is 0 Å². The van der Waals surface area contributed by atoms with Gasteiger partial charge in [0, 0.05) is 17.7 Å². The monoisotopic (exact) mass is 357 g/mol. The fraction of sp³-hybridized carbons (Fsp3) is 0.579. The highest BCUT2D eigenvalue weighted by Gasteiger charge is 2.33. The van der Waals surface area contributed by atoms with Gasteiger partial charge in [0.15, 0.2) is 0 Å². The number of amides is 1. The van der Waals surface area contributed by atoms with Crippen molar-refractivity contribution in [1.82, 2.24) is 15.5 Å². The van der Waals surface area contributed by atoms with E-state index in [9.17, 15) is 14.7 Å². The van der Waals surface area contributed by atoms with Gasteiger partial charge in [0.1, 0.15) is 0 Å². The molecule has 138 valence electrons. The molecule has 26 heavy (non-hydrogen) atoms. The summed E-state index contributed by atoms with van der Waals surface area (Å²) in [4.78, 5) is 29.2. The van der Waals surface area contributed by atoms with E-state index < -0.39 is 11.9 Å². The zero-order valence-electron chi connectivity index (χ0n) is 14.8. The van der Waals surface area contributed by atoms with E-state index in [4.69, 9.17) is 4.52 Å². The molecule has 2 atom stereocenters. The quantitative estimate of drug-likeness (QED) is 0.814. The number of carbonyl (C=O) groups excluding carboxylic acids is 1. The largest absolute Gasteiger partial charge is 0.481 e. The van der Waals surface area contributed by atoms with Gasteiger partial charge in [-0.3, -0.25) is 9.59 Å². The third kappa shape index (κ3) is 3.18. The van der Waals surface area contributed by atoms with Crippen LogP contribution in [-0.2, 0) is 4.79 Å². The molecule has 1 amide bonds. The highest BCUT2D eigenvalue weighted by Crippen LogP contribution is 2.40. The number of hydrogen-bond donors (Lipinski definition) is 2. The summed E-state index contributed by atoms with van der Waals surface area (Å²) in [5, 5.41) is 17.1. The molecule has 0 radical (unpaired) electrons. The molecule has 2 aromatic rings. The van der Waals surface area contributed by atoms with E-state index in [1.54, 1.807) is 6.92 Å². The van der Waals surface area contributed by atoms with Crippen molar-refractivity contribution in [2.24, 2.45) is 5.92 Å². The first-order chi connectivity index (χ1) is 12.5. The Morgan fingerprint density at radius 1 is 1.19 bits per heavy atom. The lowest BCUT2D eigenvalue weighted by molar-refractivity contribution is -0.142. The number of hydrogen-bond acceptors (Lipinski definition) is 5. The summed E-state index contributed by atoms with van der Waals surface area (Å²) in [6.07, 6.45) is 6.25. The van der Waals surface area contributed by atoms with Crippen molar-refractivity contribution in [3.05, 3.63) is 23.0 Å². The standard InChI is InChI=1S/C19H23N3O4/c1-10-16-13(9-15(11-7-8-11)21-18(16)26-22-10)17(23)20-14-6-4-2-3-5-12(14)19(24)25/h9,11-12,14H,2-8H2,1H3,(H,20,23)(H,24,25)/t12-,14+/m1/s1. The maximum atomic E-state index is 13.1. The van der Waals surface area contributed by atoms with Gasteiger partial charge in [-0.1, -0.05) is 24.4 Å². The number of aromatic nitrogens is 2. The number of carbonyl (C=O) groups is 2. The number of nitrogens with one attached hydrogen (secondary N) is 1. The Hall–Kier alpha value is -2.44. The van der Waals surface area contributed by atoms with Crippen molar-refractivity contribution < 1.29 is 19.2 Å². The van der Waals surface area contributed by atoms with Crippen LogP contribution in [0.2, 0.25) is 0 Å². The Morgan fingerprint density at radius 2 is 1.96 bits per heavy atom. The van der Waals surface area contributed by atoms with Gasteiger partial charge in [0.25, 0.3) is 11.6 Å². The Labute approximate surface area is 151 Å². The predicted molar refractivity (Wildman–Crippen MR) is 94.0 cm³/mol. The van der Waals surface area contributed by atoms with Crippen molar-refractivity contribution in [3.8, 4) is 0 Å². The number of aryl methyl sites for hydroxylation is 1. The van der Waals surface area contributed by atoms with Crippen molar-refractivity contribution >= 4 is 23.0 Å². The second-order valence-electron chi connectivity index (χ2n) is 7.48. The molecule has 4 rings (SSSR count). The molecular formula is C19H23N3O4. The average Bonchev–Trinajstić information content (AvgIpc) is 3.42. The van der Waals surface area contributed by atoms with Crippen molar-refractivity contribution in [3.63, 3.8) is 0 Å². The number of nitrogens with zero attached hydrogens (tertiary/aromatic N) is 2. The van der Waals surface area contributed by atoms with E-state index in [0.29, 0.717) is 41.1 Å². The summed E-state index contributed by atoms with van der Waals surface area (Å²) in [6, 6.07) is 1.47. The maximum absolute atomic E-state index is 13.1. The third-order valence-corrected chi connectivity index (χ3v) is 5.53. The molecule has 0 aliphatic heterocycles. The smallest absolute Gasteiger partial charge is 0.308 e. The first kappa shape index (κ1) is 17.0. The number of carboxylic acid groups (broad SMARTS) is 1. The van der Waals surface area contributed by atoms with Crippen LogP contribution in [0, 0.1) is 12.8 Å². The lowest BCUT2D eigenvalue weighted by Gasteiger charge is -2.23. The molecule has 2 aliphatic rings.